The standard InChI is InChI=1S/C18H28N6S2.HI/c1-13-22-23-17(24(13)2)12-20-18(19-9-8-15-5-4-10-26-15)21-14-6-7-16(11-14)25-3;/h4-5,10,14,16H,6-9,11-12H2,1-3H3,(H2,19,20,21);1H. The van der Waals surface area contributed by atoms with Crippen molar-refractivity contribution in [2.75, 3.05) is 12.8 Å². The highest BCUT2D eigenvalue weighted by Crippen LogP contribution is 2.28. The Morgan fingerprint density at radius 3 is 2.89 bits per heavy atom. The van der Waals surface area contributed by atoms with Gasteiger partial charge in [-0.1, -0.05) is 6.07 Å². The monoisotopic (exact) mass is 520 g/mol. The highest BCUT2D eigenvalue weighted by atomic mass is 127. The Bertz CT molecular complexity index is 716. The van der Waals surface area contributed by atoms with Crippen molar-refractivity contribution < 1.29 is 0 Å². The summed E-state index contributed by atoms with van der Waals surface area (Å²) in [5.74, 6) is 2.68. The molecule has 3 rings (SSSR count). The molecule has 0 aromatic carbocycles. The maximum absolute atomic E-state index is 4.77. The van der Waals surface area contributed by atoms with E-state index in [1.807, 2.05) is 30.3 Å². The van der Waals surface area contributed by atoms with Crippen molar-refractivity contribution in [2.24, 2.45) is 12.0 Å². The van der Waals surface area contributed by atoms with Crippen LogP contribution in [0.25, 0.3) is 0 Å². The van der Waals surface area contributed by atoms with Gasteiger partial charge in [0.05, 0.1) is 0 Å². The second-order valence-corrected chi connectivity index (χ2v) is 8.83. The van der Waals surface area contributed by atoms with Crippen molar-refractivity contribution in [1.29, 1.82) is 0 Å². The molecule has 0 saturated heterocycles. The second kappa shape index (κ2) is 11.3. The molecule has 1 aliphatic rings. The van der Waals surface area contributed by atoms with E-state index in [2.05, 4.69) is 44.6 Å². The second-order valence-electron chi connectivity index (χ2n) is 6.66. The summed E-state index contributed by atoms with van der Waals surface area (Å²) in [6.45, 7) is 3.37. The van der Waals surface area contributed by atoms with Crippen molar-refractivity contribution in [3.8, 4) is 0 Å². The summed E-state index contributed by atoms with van der Waals surface area (Å²) in [5.41, 5.74) is 0. The van der Waals surface area contributed by atoms with Gasteiger partial charge in [0.2, 0.25) is 0 Å². The van der Waals surface area contributed by atoms with Crippen LogP contribution in [-0.4, -0.2) is 44.8 Å². The number of nitrogens with zero attached hydrogens (tertiary/aromatic N) is 4. The zero-order valence-corrected chi connectivity index (χ0v) is 20.1. The molecule has 1 aliphatic carbocycles. The molecular weight excluding hydrogens is 491 g/mol. The van der Waals surface area contributed by atoms with Gasteiger partial charge in [-0.2, -0.15) is 11.8 Å². The Labute approximate surface area is 187 Å². The molecule has 9 heteroatoms. The van der Waals surface area contributed by atoms with E-state index >= 15 is 0 Å². The lowest BCUT2D eigenvalue weighted by Gasteiger charge is -2.18. The van der Waals surface area contributed by atoms with Crippen LogP contribution in [0.5, 0.6) is 0 Å². The summed E-state index contributed by atoms with van der Waals surface area (Å²) in [6.07, 6.45) is 6.91. The van der Waals surface area contributed by atoms with Crippen molar-refractivity contribution in [3.63, 3.8) is 0 Å². The molecule has 0 radical (unpaired) electrons. The number of nitrogens with one attached hydrogen (secondary N) is 2. The molecule has 2 aromatic heterocycles. The fourth-order valence-corrected chi connectivity index (χ4v) is 4.63. The van der Waals surface area contributed by atoms with Crippen LogP contribution in [0.4, 0.5) is 0 Å². The zero-order valence-electron chi connectivity index (χ0n) is 16.1. The molecular formula is C18H29IN6S2. The van der Waals surface area contributed by atoms with Gasteiger partial charge in [-0.3, -0.25) is 0 Å². The third-order valence-electron chi connectivity index (χ3n) is 4.86. The topological polar surface area (TPSA) is 67.1 Å². The molecule has 2 N–H and O–H groups in total. The summed E-state index contributed by atoms with van der Waals surface area (Å²) >= 11 is 3.77. The minimum absolute atomic E-state index is 0. The third kappa shape index (κ3) is 6.63. The molecule has 1 fully saturated rings. The van der Waals surface area contributed by atoms with Gasteiger partial charge < -0.3 is 15.2 Å². The number of thiophene rings is 1. The molecule has 2 aromatic rings. The lowest BCUT2D eigenvalue weighted by atomic mass is 10.2. The maximum atomic E-state index is 4.77. The average molecular weight is 521 g/mol. The van der Waals surface area contributed by atoms with Gasteiger partial charge in [0, 0.05) is 29.8 Å². The SMILES string of the molecule is CSC1CCC(NC(=NCc2nnc(C)n2C)NCCc2cccs2)C1.I. The largest absolute Gasteiger partial charge is 0.356 e. The molecule has 6 nitrogen and oxygen atoms in total. The quantitative estimate of drug-likeness (QED) is 0.333. The lowest BCUT2D eigenvalue weighted by molar-refractivity contribution is 0.611. The van der Waals surface area contributed by atoms with Crippen LogP contribution in [0.15, 0.2) is 22.5 Å². The molecule has 1 saturated carbocycles. The van der Waals surface area contributed by atoms with E-state index in [0.29, 0.717) is 12.6 Å². The molecule has 0 aliphatic heterocycles. The van der Waals surface area contributed by atoms with Crippen LogP contribution in [0.3, 0.4) is 0 Å². The average Bonchev–Trinajstić information content (AvgIpc) is 3.37. The minimum atomic E-state index is 0. The fourth-order valence-electron chi connectivity index (χ4n) is 3.13. The predicted molar refractivity (Wildman–Crippen MR) is 126 cm³/mol. The van der Waals surface area contributed by atoms with E-state index in [0.717, 1.165) is 35.8 Å². The molecule has 0 spiro atoms. The Hall–Kier alpha value is -0.810. The van der Waals surface area contributed by atoms with E-state index in [-0.39, 0.29) is 24.0 Å². The van der Waals surface area contributed by atoms with Gasteiger partial charge in [0.25, 0.3) is 0 Å². The molecule has 0 amide bonds. The summed E-state index contributed by atoms with van der Waals surface area (Å²) in [4.78, 5) is 6.16. The number of aliphatic imine (C=N–C) groups is 1. The van der Waals surface area contributed by atoms with Gasteiger partial charge in [-0.25, -0.2) is 4.99 Å². The highest BCUT2D eigenvalue weighted by molar-refractivity contribution is 14.0. The Morgan fingerprint density at radius 2 is 2.26 bits per heavy atom. The number of guanidine groups is 1. The van der Waals surface area contributed by atoms with Crippen LogP contribution in [0.1, 0.15) is 35.8 Å². The van der Waals surface area contributed by atoms with E-state index in [9.17, 15) is 0 Å². The fraction of sp³-hybridized carbons (Fsp3) is 0.611. The van der Waals surface area contributed by atoms with Crippen LogP contribution < -0.4 is 10.6 Å². The molecule has 150 valence electrons. The van der Waals surface area contributed by atoms with Crippen molar-refractivity contribution in [3.05, 3.63) is 34.0 Å². The zero-order chi connectivity index (χ0) is 18.4. The normalized spacial score (nSPS) is 19.7. The van der Waals surface area contributed by atoms with E-state index in [1.165, 1.54) is 24.1 Å². The van der Waals surface area contributed by atoms with Crippen molar-refractivity contribution >= 4 is 53.0 Å². The van der Waals surface area contributed by atoms with E-state index < -0.39 is 0 Å². The van der Waals surface area contributed by atoms with Crippen molar-refractivity contribution in [1.82, 2.24) is 25.4 Å². The Balaban J connectivity index is 0.00000261. The molecule has 2 heterocycles. The molecule has 2 atom stereocenters. The van der Waals surface area contributed by atoms with Gasteiger partial charge in [0.1, 0.15) is 12.4 Å². The third-order valence-corrected chi connectivity index (χ3v) is 6.89. The molecule has 2 unspecified atom stereocenters. The summed E-state index contributed by atoms with van der Waals surface area (Å²) < 4.78 is 1.99. The first-order chi connectivity index (χ1) is 12.7. The van der Waals surface area contributed by atoms with Gasteiger partial charge >= 0.3 is 0 Å². The van der Waals surface area contributed by atoms with E-state index in [4.69, 9.17) is 4.99 Å². The van der Waals surface area contributed by atoms with Crippen LogP contribution in [-0.2, 0) is 20.0 Å². The number of hydrogen-bond donors (Lipinski definition) is 2. The Morgan fingerprint density at radius 1 is 1.41 bits per heavy atom. The van der Waals surface area contributed by atoms with Crippen LogP contribution in [0.2, 0.25) is 0 Å². The van der Waals surface area contributed by atoms with Crippen molar-refractivity contribution in [2.45, 2.75) is 50.4 Å². The van der Waals surface area contributed by atoms with E-state index in [1.54, 1.807) is 11.3 Å². The number of hydrogen-bond acceptors (Lipinski definition) is 5. The summed E-state index contributed by atoms with van der Waals surface area (Å²) in [6, 6.07) is 4.78. The summed E-state index contributed by atoms with van der Waals surface area (Å²) in [7, 11) is 1.98. The maximum Gasteiger partial charge on any atom is 0.191 e. The van der Waals surface area contributed by atoms with Crippen LogP contribution in [0, 0.1) is 6.92 Å². The number of aromatic nitrogens is 3. The number of halogens is 1. The number of aryl methyl sites for hydroxylation is 1. The number of rotatable bonds is 7. The molecule has 27 heavy (non-hydrogen) atoms. The van der Waals surface area contributed by atoms with Gasteiger partial charge in [-0.05, 0) is 50.3 Å². The highest BCUT2D eigenvalue weighted by Gasteiger charge is 2.24. The van der Waals surface area contributed by atoms with Gasteiger partial charge in [-0.15, -0.1) is 45.5 Å². The van der Waals surface area contributed by atoms with Gasteiger partial charge in [0.15, 0.2) is 11.8 Å². The summed E-state index contributed by atoms with van der Waals surface area (Å²) in [5, 5.41) is 18.3. The molecule has 0 bridgehead atoms. The Kier molecular flexibility index (Phi) is 9.37. The minimum Gasteiger partial charge on any atom is -0.356 e. The number of thioether (sulfide) groups is 1. The lowest BCUT2D eigenvalue weighted by Crippen LogP contribution is -2.43. The first-order valence-corrected chi connectivity index (χ1v) is 11.3. The smallest absolute Gasteiger partial charge is 0.191 e. The first kappa shape index (κ1) is 22.5. The first-order valence-electron chi connectivity index (χ1n) is 9.10. The predicted octanol–water partition coefficient (Wildman–Crippen LogP) is 3.37. The van der Waals surface area contributed by atoms with Crippen LogP contribution >= 0.6 is 47.1 Å².